The molecule has 0 bridgehead atoms. The number of nitrogens with zero attached hydrogens (tertiary/aromatic N) is 2. The van der Waals surface area contributed by atoms with Crippen LogP contribution in [-0.2, 0) is 0 Å². The summed E-state index contributed by atoms with van der Waals surface area (Å²) in [7, 11) is 0. The van der Waals surface area contributed by atoms with Gasteiger partial charge >= 0.3 is 0 Å². The van der Waals surface area contributed by atoms with Gasteiger partial charge in [-0.15, -0.1) is 0 Å². The molecule has 0 radical (unpaired) electrons. The molecule has 0 saturated carbocycles. The first-order valence-corrected chi connectivity index (χ1v) is 6.24. The molecule has 0 aromatic heterocycles. The predicted molar refractivity (Wildman–Crippen MR) is 78.2 cm³/mol. The molecule has 0 spiro atoms. The normalized spacial score (nSPS) is 11.7. The summed E-state index contributed by atoms with van der Waals surface area (Å²) in [4.78, 5) is 21.0. The molecule has 0 aliphatic rings. The largest absolute Gasteiger partial charge is 0.373 e. The van der Waals surface area contributed by atoms with Crippen molar-refractivity contribution in [2.75, 3.05) is 5.32 Å². The number of hydrogen-bond donors (Lipinski definition) is 1. The zero-order valence-electron chi connectivity index (χ0n) is 11.2. The maximum atomic E-state index is 11.0. The molecule has 0 heterocycles. The van der Waals surface area contributed by atoms with E-state index in [-0.39, 0.29) is 11.4 Å². The van der Waals surface area contributed by atoms with Crippen LogP contribution in [0.1, 0.15) is 18.5 Å². The first-order valence-electron chi connectivity index (χ1n) is 6.24. The average Bonchev–Trinajstić information content (AvgIpc) is 2.47. The summed E-state index contributed by atoms with van der Waals surface area (Å²) >= 11 is 0. The van der Waals surface area contributed by atoms with E-state index in [1.807, 2.05) is 0 Å². The zero-order chi connectivity index (χ0) is 15.4. The Morgan fingerprint density at radius 3 is 2.05 bits per heavy atom. The highest BCUT2D eigenvalue weighted by molar-refractivity contribution is 5.62. The van der Waals surface area contributed by atoms with Gasteiger partial charge in [-0.3, -0.25) is 20.2 Å². The highest BCUT2D eigenvalue weighted by atomic mass is 16.6. The van der Waals surface area contributed by atoms with Gasteiger partial charge in [0.15, 0.2) is 0 Å². The van der Waals surface area contributed by atoms with Crippen molar-refractivity contribution in [2.24, 2.45) is 0 Å². The molecule has 7 nitrogen and oxygen atoms in total. The monoisotopic (exact) mass is 287 g/mol. The summed E-state index contributed by atoms with van der Waals surface area (Å²) in [5, 5.41) is 25.0. The molecule has 0 fully saturated rings. The second-order valence-corrected chi connectivity index (χ2v) is 4.46. The fourth-order valence-corrected chi connectivity index (χ4v) is 2.09. The molecule has 0 amide bonds. The second kappa shape index (κ2) is 6.00. The van der Waals surface area contributed by atoms with Crippen LogP contribution >= 0.6 is 0 Å². The van der Waals surface area contributed by atoms with Gasteiger partial charge in [0.25, 0.3) is 11.4 Å². The molecular formula is C14H13N3O4. The van der Waals surface area contributed by atoms with Crippen LogP contribution in [0.3, 0.4) is 0 Å². The van der Waals surface area contributed by atoms with Crippen molar-refractivity contribution in [3.8, 4) is 0 Å². The quantitative estimate of drug-likeness (QED) is 0.668. The van der Waals surface area contributed by atoms with Gasteiger partial charge in [0.05, 0.1) is 21.5 Å². The van der Waals surface area contributed by atoms with Crippen molar-refractivity contribution in [3.63, 3.8) is 0 Å². The summed E-state index contributed by atoms with van der Waals surface area (Å²) in [6.07, 6.45) is 0. The molecule has 1 unspecified atom stereocenters. The maximum Gasteiger partial charge on any atom is 0.292 e. The fraction of sp³-hybridized carbons (Fsp3) is 0.143. The van der Waals surface area contributed by atoms with Crippen molar-refractivity contribution in [1.82, 2.24) is 0 Å². The van der Waals surface area contributed by atoms with Crippen LogP contribution in [0.15, 0.2) is 48.5 Å². The van der Waals surface area contributed by atoms with Crippen LogP contribution in [0.25, 0.3) is 0 Å². The predicted octanol–water partition coefficient (Wildman–Crippen LogP) is 3.68. The van der Waals surface area contributed by atoms with E-state index in [1.165, 1.54) is 12.1 Å². The van der Waals surface area contributed by atoms with Gasteiger partial charge in [-0.05, 0) is 13.0 Å². The van der Waals surface area contributed by atoms with Gasteiger partial charge < -0.3 is 5.32 Å². The standard InChI is InChI=1S/C14H13N3O4/c1-10(11-6-2-4-8-13(11)16(18)19)15-12-7-3-5-9-14(12)17(20)21/h2-10,15H,1H3. The van der Waals surface area contributed by atoms with Gasteiger partial charge in [0, 0.05) is 12.1 Å². The molecular weight excluding hydrogens is 274 g/mol. The van der Waals surface area contributed by atoms with Crippen molar-refractivity contribution in [1.29, 1.82) is 0 Å². The molecule has 21 heavy (non-hydrogen) atoms. The van der Waals surface area contributed by atoms with E-state index in [9.17, 15) is 20.2 Å². The van der Waals surface area contributed by atoms with Crippen molar-refractivity contribution in [2.45, 2.75) is 13.0 Å². The number of nitro benzene ring substituents is 2. The van der Waals surface area contributed by atoms with Gasteiger partial charge in [0.2, 0.25) is 0 Å². The molecule has 2 aromatic rings. The fourth-order valence-electron chi connectivity index (χ4n) is 2.09. The van der Waals surface area contributed by atoms with E-state index in [1.54, 1.807) is 43.3 Å². The zero-order valence-corrected chi connectivity index (χ0v) is 11.2. The summed E-state index contributed by atoms with van der Waals surface area (Å²) in [6.45, 7) is 1.72. The van der Waals surface area contributed by atoms with Crippen LogP contribution in [-0.4, -0.2) is 9.85 Å². The van der Waals surface area contributed by atoms with Gasteiger partial charge in [-0.1, -0.05) is 30.3 Å². The molecule has 108 valence electrons. The van der Waals surface area contributed by atoms with Gasteiger partial charge in [0.1, 0.15) is 5.69 Å². The first-order chi connectivity index (χ1) is 10.0. The summed E-state index contributed by atoms with van der Waals surface area (Å²) < 4.78 is 0. The second-order valence-electron chi connectivity index (χ2n) is 4.46. The lowest BCUT2D eigenvalue weighted by Crippen LogP contribution is -2.10. The topological polar surface area (TPSA) is 98.3 Å². The lowest BCUT2D eigenvalue weighted by atomic mass is 10.1. The number of nitro groups is 2. The molecule has 0 saturated heterocycles. The number of nitrogens with one attached hydrogen (secondary N) is 1. The number of anilines is 1. The van der Waals surface area contributed by atoms with Crippen LogP contribution in [0.4, 0.5) is 17.1 Å². The Kier molecular flexibility index (Phi) is 4.13. The summed E-state index contributed by atoms with van der Waals surface area (Å²) in [5.41, 5.74) is 0.716. The summed E-state index contributed by atoms with van der Waals surface area (Å²) in [6, 6.07) is 12.1. The average molecular weight is 287 g/mol. The van der Waals surface area contributed by atoms with E-state index in [0.717, 1.165) is 0 Å². The Balaban J connectivity index is 2.33. The van der Waals surface area contributed by atoms with Crippen LogP contribution in [0, 0.1) is 20.2 Å². The van der Waals surface area contributed by atoms with Crippen LogP contribution < -0.4 is 5.32 Å². The lowest BCUT2D eigenvalue weighted by molar-refractivity contribution is -0.385. The Hall–Kier alpha value is -2.96. The van der Waals surface area contributed by atoms with Crippen LogP contribution in [0.2, 0.25) is 0 Å². The Labute approximate surface area is 120 Å². The smallest absolute Gasteiger partial charge is 0.292 e. The van der Waals surface area contributed by atoms with Gasteiger partial charge in [-0.25, -0.2) is 0 Å². The highest BCUT2D eigenvalue weighted by Crippen LogP contribution is 2.31. The molecule has 2 rings (SSSR count). The maximum absolute atomic E-state index is 11.0. The number of rotatable bonds is 5. The number of benzene rings is 2. The molecule has 0 aliphatic carbocycles. The minimum atomic E-state index is -0.492. The molecule has 1 N–H and O–H groups in total. The van der Waals surface area contributed by atoms with E-state index in [4.69, 9.17) is 0 Å². The van der Waals surface area contributed by atoms with E-state index >= 15 is 0 Å². The molecule has 2 aromatic carbocycles. The van der Waals surface area contributed by atoms with Crippen LogP contribution in [0.5, 0.6) is 0 Å². The SMILES string of the molecule is CC(Nc1ccccc1[N+](=O)[O-])c1ccccc1[N+](=O)[O-]. The van der Waals surface area contributed by atoms with Crippen molar-refractivity contribution < 1.29 is 9.85 Å². The third-order valence-electron chi connectivity index (χ3n) is 3.07. The molecule has 7 heteroatoms. The van der Waals surface area contributed by atoms with E-state index in [2.05, 4.69) is 5.32 Å². The third kappa shape index (κ3) is 3.14. The third-order valence-corrected chi connectivity index (χ3v) is 3.07. The number of hydrogen-bond acceptors (Lipinski definition) is 5. The first kappa shape index (κ1) is 14.4. The molecule has 0 aliphatic heterocycles. The van der Waals surface area contributed by atoms with Crippen molar-refractivity contribution in [3.05, 3.63) is 74.3 Å². The van der Waals surface area contributed by atoms with Gasteiger partial charge in [-0.2, -0.15) is 0 Å². The summed E-state index contributed by atoms with van der Waals surface area (Å²) in [5.74, 6) is 0. The van der Waals surface area contributed by atoms with E-state index in [0.29, 0.717) is 11.3 Å². The molecule has 1 atom stereocenters. The number of para-hydroxylation sites is 3. The van der Waals surface area contributed by atoms with E-state index < -0.39 is 15.9 Å². The van der Waals surface area contributed by atoms with Crippen molar-refractivity contribution >= 4 is 17.1 Å². The minimum absolute atomic E-state index is 0.0175. The highest BCUT2D eigenvalue weighted by Gasteiger charge is 2.20. The lowest BCUT2D eigenvalue weighted by Gasteiger charge is -2.15. The Bertz CT molecular complexity index is 687. The minimum Gasteiger partial charge on any atom is -0.373 e. The Morgan fingerprint density at radius 2 is 1.43 bits per heavy atom. The Morgan fingerprint density at radius 1 is 0.905 bits per heavy atom.